The molecule has 32 heavy (non-hydrogen) atoms. The molecule has 0 unspecified atom stereocenters. The summed E-state index contributed by atoms with van der Waals surface area (Å²) in [6.45, 7) is 0.335. The van der Waals surface area contributed by atoms with Crippen LogP contribution in [0.3, 0.4) is 0 Å². The largest absolute Gasteiger partial charge is 0.326 e. The second-order valence-corrected chi connectivity index (χ2v) is 10.0. The Morgan fingerprint density at radius 2 is 1.66 bits per heavy atom. The number of benzene rings is 3. The van der Waals surface area contributed by atoms with Crippen LogP contribution in [0.15, 0.2) is 83.9 Å². The Bertz CT molecular complexity index is 1300. The van der Waals surface area contributed by atoms with E-state index in [1.165, 1.54) is 11.5 Å². The number of anilines is 1. The molecule has 0 radical (unpaired) electrons. The van der Waals surface area contributed by atoms with Gasteiger partial charge in [-0.1, -0.05) is 42.5 Å². The van der Waals surface area contributed by atoms with Gasteiger partial charge in [-0.2, -0.15) is 4.37 Å². The molecule has 164 valence electrons. The third-order valence-corrected chi connectivity index (χ3v) is 7.32. The number of hydrogen-bond acceptors (Lipinski definition) is 5. The molecule has 0 spiro atoms. The van der Waals surface area contributed by atoms with Gasteiger partial charge in [-0.05, 0) is 65.8 Å². The first-order valence-corrected chi connectivity index (χ1v) is 12.5. The van der Waals surface area contributed by atoms with Gasteiger partial charge in [-0.3, -0.25) is 4.79 Å². The van der Waals surface area contributed by atoms with Gasteiger partial charge in [0.25, 0.3) is 0 Å². The van der Waals surface area contributed by atoms with Crippen LogP contribution in [0.1, 0.15) is 17.5 Å². The fourth-order valence-corrected chi connectivity index (χ4v) is 4.98. The molecule has 2 N–H and O–H groups in total. The zero-order valence-electron chi connectivity index (χ0n) is 17.3. The molecule has 0 bridgehead atoms. The molecule has 8 heteroatoms. The van der Waals surface area contributed by atoms with E-state index in [0.29, 0.717) is 25.8 Å². The maximum atomic E-state index is 12.5. The summed E-state index contributed by atoms with van der Waals surface area (Å²) in [5.74, 6) is -0.0909. The lowest BCUT2D eigenvalue weighted by Gasteiger charge is -2.08. The monoisotopic (exact) mass is 465 g/mol. The van der Waals surface area contributed by atoms with Crippen molar-refractivity contribution >= 4 is 43.2 Å². The highest BCUT2D eigenvalue weighted by Gasteiger charge is 2.13. The highest BCUT2D eigenvalue weighted by Crippen LogP contribution is 2.22. The van der Waals surface area contributed by atoms with Crippen molar-refractivity contribution < 1.29 is 13.2 Å². The van der Waals surface area contributed by atoms with E-state index in [-0.39, 0.29) is 10.8 Å². The Balaban J connectivity index is 1.27. The van der Waals surface area contributed by atoms with Crippen LogP contribution in [-0.2, 0) is 27.7 Å². The van der Waals surface area contributed by atoms with Gasteiger partial charge in [0.2, 0.25) is 15.9 Å². The van der Waals surface area contributed by atoms with E-state index in [9.17, 15) is 13.2 Å². The van der Waals surface area contributed by atoms with Gasteiger partial charge in [0.15, 0.2) is 0 Å². The zero-order chi connectivity index (χ0) is 22.4. The minimum Gasteiger partial charge on any atom is -0.326 e. The number of nitrogens with one attached hydrogen (secondary N) is 2. The van der Waals surface area contributed by atoms with Crippen LogP contribution in [0.4, 0.5) is 5.69 Å². The van der Waals surface area contributed by atoms with Crippen molar-refractivity contribution in [2.75, 3.05) is 11.9 Å². The number of hydrogen-bond donors (Lipinski definition) is 2. The Hall–Kier alpha value is -3.07. The van der Waals surface area contributed by atoms with Gasteiger partial charge in [0, 0.05) is 30.2 Å². The molecule has 0 aliphatic carbocycles. The average molecular weight is 466 g/mol. The van der Waals surface area contributed by atoms with Gasteiger partial charge < -0.3 is 5.32 Å². The van der Waals surface area contributed by atoms with Crippen molar-refractivity contribution in [1.82, 2.24) is 9.10 Å². The van der Waals surface area contributed by atoms with E-state index in [0.717, 1.165) is 26.9 Å². The standard InChI is InChI=1S/C24H23N3O3S2/c28-24(27-21-9-12-23-20(16-21)17-25-31-23)13-8-19-6-10-22(11-7-19)32(29,30)26-15-14-18-4-2-1-3-5-18/h1-7,9-12,16-17,26H,8,13-15H2,(H,27,28). The van der Waals surface area contributed by atoms with Crippen LogP contribution in [0.2, 0.25) is 0 Å². The Kier molecular flexibility index (Phi) is 6.94. The van der Waals surface area contributed by atoms with Crippen LogP contribution in [0, 0.1) is 0 Å². The van der Waals surface area contributed by atoms with Crippen molar-refractivity contribution in [3.63, 3.8) is 0 Å². The Morgan fingerprint density at radius 3 is 2.44 bits per heavy atom. The normalized spacial score (nSPS) is 11.5. The Morgan fingerprint density at radius 1 is 0.906 bits per heavy atom. The minimum absolute atomic E-state index is 0.0909. The number of amides is 1. The van der Waals surface area contributed by atoms with Crippen molar-refractivity contribution in [3.05, 3.63) is 90.1 Å². The molecular weight excluding hydrogens is 442 g/mol. The van der Waals surface area contributed by atoms with E-state index in [2.05, 4.69) is 14.4 Å². The van der Waals surface area contributed by atoms with Crippen LogP contribution < -0.4 is 10.0 Å². The molecule has 3 aromatic carbocycles. The summed E-state index contributed by atoms with van der Waals surface area (Å²) in [6, 6.07) is 22.1. The summed E-state index contributed by atoms with van der Waals surface area (Å²) in [5.41, 5.74) is 2.72. The predicted octanol–water partition coefficient (Wildman–Crippen LogP) is 4.39. The molecule has 0 fully saturated rings. The molecule has 1 aromatic heterocycles. The molecule has 4 rings (SSSR count). The molecule has 0 saturated carbocycles. The molecule has 6 nitrogen and oxygen atoms in total. The van der Waals surface area contributed by atoms with Crippen molar-refractivity contribution in [2.45, 2.75) is 24.2 Å². The first kappa shape index (κ1) is 22.1. The number of rotatable bonds is 9. The highest BCUT2D eigenvalue weighted by molar-refractivity contribution is 7.89. The molecule has 0 atom stereocenters. The van der Waals surface area contributed by atoms with E-state index in [1.807, 2.05) is 48.5 Å². The number of sulfonamides is 1. The van der Waals surface area contributed by atoms with E-state index in [4.69, 9.17) is 0 Å². The second kappa shape index (κ2) is 10.0. The second-order valence-electron chi connectivity index (χ2n) is 7.40. The lowest BCUT2D eigenvalue weighted by Crippen LogP contribution is -2.26. The minimum atomic E-state index is -3.57. The van der Waals surface area contributed by atoms with E-state index >= 15 is 0 Å². The topological polar surface area (TPSA) is 88.2 Å². The van der Waals surface area contributed by atoms with E-state index < -0.39 is 10.0 Å². The summed E-state index contributed by atoms with van der Waals surface area (Å²) >= 11 is 1.42. The lowest BCUT2D eigenvalue weighted by molar-refractivity contribution is -0.116. The van der Waals surface area contributed by atoms with Gasteiger partial charge in [0.05, 0.1) is 9.60 Å². The number of carbonyl (C=O) groups is 1. The fourth-order valence-electron chi connectivity index (χ4n) is 3.32. The third-order valence-electron chi connectivity index (χ3n) is 5.06. The summed E-state index contributed by atoms with van der Waals surface area (Å²) in [5, 5.41) is 3.90. The van der Waals surface area contributed by atoms with Crippen LogP contribution in [0.5, 0.6) is 0 Å². The summed E-state index contributed by atoms with van der Waals surface area (Å²) < 4.78 is 32.8. The molecule has 1 heterocycles. The van der Waals surface area contributed by atoms with Crippen molar-refractivity contribution in [3.8, 4) is 0 Å². The highest BCUT2D eigenvalue weighted by atomic mass is 32.2. The fraction of sp³-hybridized carbons (Fsp3) is 0.167. The van der Waals surface area contributed by atoms with Crippen molar-refractivity contribution in [2.24, 2.45) is 0 Å². The van der Waals surface area contributed by atoms with Gasteiger partial charge in [-0.25, -0.2) is 13.1 Å². The maximum absolute atomic E-state index is 12.5. The molecular formula is C24H23N3O3S2. The van der Waals surface area contributed by atoms with Crippen LogP contribution in [0.25, 0.3) is 10.1 Å². The predicted molar refractivity (Wildman–Crippen MR) is 128 cm³/mol. The van der Waals surface area contributed by atoms with Crippen LogP contribution >= 0.6 is 11.5 Å². The summed E-state index contributed by atoms with van der Waals surface area (Å²) in [7, 11) is -3.57. The summed E-state index contributed by atoms with van der Waals surface area (Å²) in [4.78, 5) is 12.5. The molecule has 0 aliphatic heterocycles. The zero-order valence-corrected chi connectivity index (χ0v) is 19.0. The quantitative estimate of drug-likeness (QED) is 0.384. The molecule has 1 amide bonds. The SMILES string of the molecule is O=C(CCc1ccc(S(=O)(=O)NCCc2ccccc2)cc1)Nc1ccc2sncc2c1. The van der Waals surface area contributed by atoms with Crippen LogP contribution in [-0.4, -0.2) is 25.2 Å². The molecule has 4 aromatic rings. The average Bonchev–Trinajstić information content (AvgIpc) is 3.26. The maximum Gasteiger partial charge on any atom is 0.240 e. The first-order chi connectivity index (χ1) is 15.5. The smallest absolute Gasteiger partial charge is 0.240 e. The van der Waals surface area contributed by atoms with E-state index in [1.54, 1.807) is 30.5 Å². The number of aromatic nitrogens is 1. The number of aryl methyl sites for hydroxylation is 1. The molecule has 0 saturated heterocycles. The summed E-state index contributed by atoms with van der Waals surface area (Å²) in [6.07, 6.45) is 3.24. The first-order valence-electron chi connectivity index (χ1n) is 10.3. The van der Waals surface area contributed by atoms with Gasteiger partial charge in [0.1, 0.15) is 0 Å². The van der Waals surface area contributed by atoms with Crippen molar-refractivity contribution in [1.29, 1.82) is 0 Å². The van der Waals surface area contributed by atoms with Gasteiger partial charge >= 0.3 is 0 Å². The Labute approximate surface area is 191 Å². The third kappa shape index (κ3) is 5.79. The number of nitrogens with zero attached hydrogens (tertiary/aromatic N) is 1. The number of fused-ring (bicyclic) bond motifs is 1. The van der Waals surface area contributed by atoms with Gasteiger partial charge in [-0.15, -0.1) is 0 Å². The number of carbonyl (C=O) groups excluding carboxylic acids is 1. The lowest BCUT2D eigenvalue weighted by atomic mass is 10.1. The molecule has 0 aliphatic rings.